The predicted octanol–water partition coefficient (Wildman–Crippen LogP) is 8.48. The minimum atomic E-state index is -4.74. The lowest BCUT2D eigenvalue weighted by atomic mass is 9.82. The number of carbonyl (C=O) groups excluding carboxylic acids is 4. The number of hydrogen-bond donors (Lipinski definition) is 4. The number of aliphatic hydroxyl groups is 2. The number of benzene rings is 5. The van der Waals surface area contributed by atoms with Gasteiger partial charge in [-0.1, -0.05) is 42.5 Å². The summed E-state index contributed by atoms with van der Waals surface area (Å²) in [6, 6.07) is 22.6. The van der Waals surface area contributed by atoms with Crippen LogP contribution in [0.1, 0.15) is 49.7 Å². The molecule has 0 amide bonds. The van der Waals surface area contributed by atoms with E-state index >= 15 is 0 Å². The van der Waals surface area contributed by atoms with Crippen molar-refractivity contribution in [1.29, 1.82) is 0 Å². The van der Waals surface area contributed by atoms with Gasteiger partial charge in [-0.2, -0.15) is 35.1 Å². The van der Waals surface area contributed by atoms with Crippen molar-refractivity contribution in [3.05, 3.63) is 155 Å². The lowest BCUT2D eigenvalue weighted by molar-refractivity contribution is -0.253. The zero-order valence-electron chi connectivity index (χ0n) is 33.1. The molecule has 0 spiro atoms. The maximum atomic E-state index is 13.3. The summed E-state index contributed by atoms with van der Waals surface area (Å²) in [5, 5.41) is 22.5. The number of esters is 2. The molecule has 12 nitrogen and oxygen atoms in total. The first-order valence-electron chi connectivity index (χ1n) is 18.6. The predicted molar refractivity (Wildman–Crippen MR) is 217 cm³/mol. The van der Waals surface area contributed by atoms with Gasteiger partial charge in [-0.15, -0.1) is 0 Å². The van der Waals surface area contributed by atoms with Crippen molar-refractivity contribution >= 4 is 47.0 Å². The van der Waals surface area contributed by atoms with Crippen LogP contribution >= 0.6 is 0 Å². The molecule has 0 fully saturated rings. The molecule has 340 valence electrons. The highest BCUT2D eigenvalue weighted by atomic mass is 19.3. The average Bonchev–Trinajstić information content (AvgIpc) is 3.25. The van der Waals surface area contributed by atoms with Gasteiger partial charge in [0, 0.05) is 17.8 Å². The number of ketones is 2. The minimum absolute atomic E-state index is 0.00548. The van der Waals surface area contributed by atoms with E-state index in [9.17, 15) is 64.5 Å². The Balaban J connectivity index is 1.21. The van der Waals surface area contributed by atoms with E-state index in [0.717, 1.165) is 60.7 Å². The number of halogens is 8. The highest BCUT2D eigenvalue weighted by Crippen LogP contribution is 2.36. The Labute approximate surface area is 362 Å². The molecular weight excluding hydrogens is 880 g/mol. The van der Waals surface area contributed by atoms with E-state index in [1.54, 1.807) is 0 Å². The molecule has 0 saturated heterocycles. The molecule has 5 rings (SSSR count). The largest absolute Gasteiger partial charge is 0.461 e. The van der Waals surface area contributed by atoms with E-state index in [0.29, 0.717) is 11.1 Å². The highest BCUT2D eigenvalue weighted by Gasteiger charge is 2.45. The number of carbonyl (C=O) groups is 4. The number of alkyl halides is 8. The fraction of sp³-hybridized carbons (Fsp3) is 0.156. The lowest BCUT2D eigenvalue weighted by Crippen LogP contribution is -2.44. The van der Waals surface area contributed by atoms with Gasteiger partial charge in [-0.3, -0.25) is 9.59 Å². The van der Waals surface area contributed by atoms with Gasteiger partial charge in [0.1, 0.15) is 23.0 Å². The van der Waals surface area contributed by atoms with Crippen molar-refractivity contribution in [2.75, 3.05) is 11.5 Å². The third-order valence-corrected chi connectivity index (χ3v) is 9.01. The normalized spacial score (nSPS) is 12.7. The molecule has 0 aromatic heterocycles. The Morgan fingerprint density at radius 3 is 1.37 bits per heavy atom. The monoisotopic (exact) mass is 914 g/mol. The van der Waals surface area contributed by atoms with Crippen LogP contribution in [-0.2, 0) is 9.59 Å². The summed E-state index contributed by atoms with van der Waals surface area (Å²) in [5.41, 5.74) is 12.6. The van der Waals surface area contributed by atoms with E-state index < -0.39 is 78.2 Å². The van der Waals surface area contributed by atoms with E-state index in [1.807, 2.05) is 0 Å². The summed E-state index contributed by atoms with van der Waals surface area (Å²) in [4.78, 5) is 51.7. The highest BCUT2D eigenvalue weighted by molar-refractivity contribution is 6.01. The van der Waals surface area contributed by atoms with Crippen molar-refractivity contribution in [3.63, 3.8) is 0 Å². The third kappa shape index (κ3) is 13.0. The summed E-state index contributed by atoms with van der Waals surface area (Å²) in [5.74, 6) is -9.88. The van der Waals surface area contributed by atoms with Crippen molar-refractivity contribution in [1.82, 2.24) is 0 Å². The van der Waals surface area contributed by atoms with E-state index in [-0.39, 0.29) is 39.6 Å². The van der Waals surface area contributed by atoms with Crippen molar-refractivity contribution in [2.45, 2.75) is 43.2 Å². The van der Waals surface area contributed by atoms with Crippen molar-refractivity contribution < 1.29 is 83.5 Å². The van der Waals surface area contributed by atoms with Gasteiger partial charge in [-0.05, 0) is 114 Å². The van der Waals surface area contributed by atoms with Crippen LogP contribution in [0.4, 0.5) is 46.5 Å². The SMILES string of the molecule is Nc1ccc(C(CC(=O)C=Cc2ccc(OC(=O)c3ccc(OC(F)(F)C(F)F)cc3)cc2)C(O)(O)C(=O)C=Cc2ccc(OC(=O)c3ccc(OC(F)(F)C(F)F)cc3)cc2)c(N)c1. The fourth-order valence-corrected chi connectivity index (χ4v) is 5.65. The topological polar surface area (TPSA) is 198 Å². The summed E-state index contributed by atoms with van der Waals surface area (Å²) < 4.78 is 121. The number of allylic oxidation sites excluding steroid dienone is 1. The first-order valence-corrected chi connectivity index (χ1v) is 18.6. The molecule has 0 aliphatic heterocycles. The van der Waals surface area contributed by atoms with Gasteiger partial charge in [0.2, 0.25) is 11.6 Å². The molecule has 0 radical (unpaired) electrons. The number of nitrogen functional groups attached to an aromatic ring is 2. The molecular formula is C45H34F8N2O10. The zero-order chi connectivity index (χ0) is 47.7. The molecule has 1 atom stereocenters. The second-order valence-corrected chi connectivity index (χ2v) is 13.8. The maximum Gasteiger partial charge on any atom is 0.461 e. The molecule has 1 unspecified atom stereocenters. The Bertz CT molecular complexity index is 2550. The molecule has 0 heterocycles. The fourth-order valence-electron chi connectivity index (χ4n) is 5.65. The maximum absolute atomic E-state index is 13.3. The van der Waals surface area contributed by atoms with Crippen molar-refractivity contribution in [3.8, 4) is 23.0 Å². The van der Waals surface area contributed by atoms with Crippen LogP contribution in [-0.4, -0.2) is 64.6 Å². The van der Waals surface area contributed by atoms with Crippen LogP contribution in [0, 0.1) is 0 Å². The van der Waals surface area contributed by atoms with E-state index in [4.69, 9.17) is 20.9 Å². The Morgan fingerprint density at radius 1 is 0.569 bits per heavy atom. The molecule has 0 aliphatic carbocycles. The number of hydrogen-bond acceptors (Lipinski definition) is 12. The Hall–Kier alpha value is -7.58. The van der Waals surface area contributed by atoms with Gasteiger partial charge in [-0.25, -0.2) is 9.59 Å². The first kappa shape index (κ1) is 48.5. The van der Waals surface area contributed by atoms with Crippen LogP contribution in [0.5, 0.6) is 23.0 Å². The molecule has 5 aromatic rings. The zero-order valence-corrected chi connectivity index (χ0v) is 33.1. The van der Waals surface area contributed by atoms with Gasteiger partial charge < -0.3 is 40.6 Å². The molecule has 0 aliphatic rings. The number of ether oxygens (including phenoxy) is 4. The summed E-state index contributed by atoms with van der Waals surface area (Å²) in [6.45, 7) is 0. The van der Waals surface area contributed by atoms with Crippen LogP contribution in [0.3, 0.4) is 0 Å². The Morgan fingerprint density at radius 2 is 0.969 bits per heavy atom. The standard InChI is InChI=1S/C45H34F8N2O10/c46-41(47)44(50,51)64-33-17-7-27(8-18-33)39(58)62-31-13-2-25(3-14-31)1-12-30(56)24-36(35-21-11-29(54)23-37(35)55)43(60,61)38(57)22-6-26-4-15-32(16-5-26)63-40(59)28-9-19-34(20-10-28)65-45(52,53)42(48)49/h1-23,36,41-42,60-61H,24,54-55H2. The van der Waals surface area contributed by atoms with Crippen LogP contribution in [0.25, 0.3) is 12.2 Å². The van der Waals surface area contributed by atoms with Gasteiger partial charge in [0.05, 0.1) is 17.0 Å². The molecule has 6 N–H and O–H groups in total. The van der Waals surface area contributed by atoms with Crippen molar-refractivity contribution in [2.24, 2.45) is 0 Å². The number of rotatable bonds is 19. The number of nitrogens with two attached hydrogens (primary N) is 2. The smallest absolute Gasteiger partial charge is 0.428 e. The van der Waals surface area contributed by atoms with Crippen LogP contribution < -0.4 is 30.4 Å². The van der Waals surface area contributed by atoms with Crippen LogP contribution in [0.15, 0.2) is 127 Å². The molecule has 20 heteroatoms. The van der Waals surface area contributed by atoms with E-state index in [2.05, 4.69) is 9.47 Å². The summed E-state index contributed by atoms with van der Waals surface area (Å²) >= 11 is 0. The van der Waals surface area contributed by atoms with Gasteiger partial charge in [0.25, 0.3) is 0 Å². The Kier molecular flexibility index (Phi) is 15.1. The van der Waals surface area contributed by atoms with E-state index in [1.165, 1.54) is 78.9 Å². The van der Waals surface area contributed by atoms with Gasteiger partial charge >= 0.3 is 37.0 Å². The third-order valence-electron chi connectivity index (χ3n) is 9.01. The van der Waals surface area contributed by atoms with Gasteiger partial charge in [0.15, 0.2) is 5.78 Å². The quantitative estimate of drug-likeness (QED) is 0.0154. The lowest BCUT2D eigenvalue weighted by Gasteiger charge is -2.30. The average molecular weight is 915 g/mol. The second-order valence-electron chi connectivity index (χ2n) is 13.8. The molecule has 0 saturated carbocycles. The van der Waals surface area contributed by atoms with Crippen LogP contribution in [0.2, 0.25) is 0 Å². The molecule has 5 aromatic carbocycles. The number of anilines is 2. The second kappa shape index (κ2) is 20.3. The minimum Gasteiger partial charge on any atom is -0.428 e. The first-order chi connectivity index (χ1) is 30.5. The molecule has 65 heavy (non-hydrogen) atoms. The summed E-state index contributed by atoms with van der Waals surface area (Å²) in [6.07, 6.45) is -13.8. The molecule has 0 bridgehead atoms. The summed E-state index contributed by atoms with van der Waals surface area (Å²) in [7, 11) is 0.